The molecule has 0 aliphatic carbocycles. The quantitative estimate of drug-likeness (QED) is 0.183. The fourth-order valence-corrected chi connectivity index (χ4v) is 8.52. The molecule has 2 aromatic heterocycles. The fourth-order valence-electron chi connectivity index (χ4n) is 7.28. The fraction of sp³-hybridized carbons (Fsp3) is 0. The van der Waals surface area contributed by atoms with Crippen LogP contribution < -0.4 is 0 Å². The van der Waals surface area contributed by atoms with E-state index in [-0.39, 0.29) is 0 Å². The summed E-state index contributed by atoms with van der Waals surface area (Å²) in [6, 6.07) is 65.0. The van der Waals surface area contributed by atoms with E-state index < -0.39 is 0 Å². The van der Waals surface area contributed by atoms with Crippen molar-refractivity contribution < 1.29 is 0 Å². The van der Waals surface area contributed by atoms with Crippen molar-refractivity contribution in [3.05, 3.63) is 182 Å². The highest BCUT2D eigenvalue weighted by Gasteiger charge is 2.18. The molecule has 8 aromatic carbocycles. The van der Waals surface area contributed by atoms with Crippen LogP contribution in [0.1, 0.15) is 0 Å². The molecule has 51 heavy (non-hydrogen) atoms. The molecule has 238 valence electrons. The van der Waals surface area contributed by atoms with Crippen LogP contribution in [-0.4, -0.2) is 9.97 Å². The van der Waals surface area contributed by atoms with Gasteiger partial charge in [0, 0.05) is 36.7 Å². The SMILES string of the molecule is c1ccc(-c2ccc(-c3cccc(-c4cccc(-c5nc(-c6ccc7ccccc7c6)c6c(ccc7c8ccccc8sc76)n5)c4)c3)cc2)cc1. The summed E-state index contributed by atoms with van der Waals surface area (Å²) in [5.41, 5.74) is 11.1. The van der Waals surface area contributed by atoms with Crippen LogP contribution in [-0.2, 0) is 0 Å². The highest BCUT2D eigenvalue weighted by molar-refractivity contribution is 7.26. The summed E-state index contributed by atoms with van der Waals surface area (Å²) in [4.78, 5) is 10.6. The summed E-state index contributed by atoms with van der Waals surface area (Å²) in [6.45, 7) is 0. The summed E-state index contributed by atoms with van der Waals surface area (Å²) in [6.07, 6.45) is 0. The zero-order valence-corrected chi connectivity index (χ0v) is 28.4. The first-order valence-electron chi connectivity index (χ1n) is 17.2. The van der Waals surface area contributed by atoms with Gasteiger partial charge in [-0.15, -0.1) is 11.3 Å². The lowest BCUT2D eigenvalue weighted by atomic mass is 9.96. The molecule has 0 N–H and O–H groups in total. The first-order chi connectivity index (χ1) is 25.2. The van der Waals surface area contributed by atoms with Crippen LogP contribution in [0.4, 0.5) is 0 Å². The minimum absolute atomic E-state index is 0.723. The molecule has 0 saturated heterocycles. The predicted octanol–water partition coefficient (Wildman–Crippen LogP) is 13.5. The van der Waals surface area contributed by atoms with E-state index in [0.29, 0.717) is 0 Å². The van der Waals surface area contributed by atoms with Crippen molar-refractivity contribution in [1.82, 2.24) is 9.97 Å². The number of hydrogen-bond acceptors (Lipinski definition) is 3. The lowest BCUT2D eigenvalue weighted by Crippen LogP contribution is -1.96. The van der Waals surface area contributed by atoms with Crippen molar-refractivity contribution in [1.29, 1.82) is 0 Å². The highest BCUT2D eigenvalue weighted by atomic mass is 32.1. The molecule has 0 aliphatic rings. The monoisotopic (exact) mass is 666 g/mol. The molecule has 0 bridgehead atoms. The number of nitrogens with zero attached hydrogens (tertiary/aromatic N) is 2. The van der Waals surface area contributed by atoms with Gasteiger partial charge in [0.15, 0.2) is 5.82 Å². The molecule has 3 heteroatoms. The summed E-state index contributed by atoms with van der Waals surface area (Å²) in [5, 5.41) is 6.04. The number of rotatable bonds is 5. The van der Waals surface area contributed by atoms with E-state index in [2.05, 4.69) is 182 Å². The maximum atomic E-state index is 5.40. The predicted molar refractivity (Wildman–Crippen MR) is 217 cm³/mol. The normalized spacial score (nSPS) is 11.5. The third-order valence-corrected chi connectivity index (χ3v) is 11.1. The topological polar surface area (TPSA) is 25.8 Å². The molecular formula is C48H30N2S. The Labute approximate surface area is 300 Å². The molecule has 0 aliphatic heterocycles. The van der Waals surface area contributed by atoms with Crippen LogP contribution in [0, 0.1) is 0 Å². The van der Waals surface area contributed by atoms with Gasteiger partial charge in [0.2, 0.25) is 0 Å². The third-order valence-electron chi connectivity index (χ3n) is 9.87. The number of hydrogen-bond donors (Lipinski definition) is 0. The standard InChI is InChI=1S/C48H30N2S/c1-2-10-31(11-3-1)33-20-22-34(23-21-33)36-14-8-15-37(28-36)38-16-9-17-40(30-38)48-49-43-27-26-42-41-18-6-7-19-44(41)51-47(42)45(43)46(50-48)39-25-24-32-12-4-5-13-35(32)29-39/h1-30H. The lowest BCUT2D eigenvalue weighted by Gasteiger charge is -2.12. The molecule has 0 spiro atoms. The zero-order valence-electron chi connectivity index (χ0n) is 27.6. The van der Waals surface area contributed by atoms with Gasteiger partial charge in [-0.3, -0.25) is 0 Å². The van der Waals surface area contributed by atoms with Crippen LogP contribution >= 0.6 is 11.3 Å². The minimum Gasteiger partial charge on any atom is -0.228 e. The summed E-state index contributed by atoms with van der Waals surface area (Å²) >= 11 is 1.82. The average molecular weight is 667 g/mol. The number of benzene rings is 8. The van der Waals surface area contributed by atoms with Crippen molar-refractivity contribution in [3.8, 4) is 56.0 Å². The van der Waals surface area contributed by atoms with Crippen molar-refractivity contribution in [2.24, 2.45) is 0 Å². The number of aromatic nitrogens is 2. The van der Waals surface area contributed by atoms with Gasteiger partial charge in [-0.2, -0.15) is 0 Å². The first-order valence-corrected chi connectivity index (χ1v) is 18.0. The zero-order chi connectivity index (χ0) is 33.7. The summed E-state index contributed by atoms with van der Waals surface area (Å²) in [7, 11) is 0. The van der Waals surface area contributed by atoms with Crippen molar-refractivity contribution in [3.63, 3.8) is 0 Å². The Morgan fingerprint density at radius 3 is 1.75 bits per heavy atom. The van der Waals surface area contributed by atoms with Crippen molar-refractivity contribution in [2.75, 3.05) is 0 Å². The van der Waals surface area contributed by atoms with E-state index in [9.17, 15) is 0 Å². The maximum absolute atomic E-state index is 5.40. The second-order valence-electron chi connectivity index (χ2n) is 13.0. The van der Waals surface area contributed by atoms with Crippen LogP contribution in [0.25, 0.3) is 97.9 Å². The van der Waals surface area contributed by atoms with E-state index >= 15 is 0 Å². The lowest BCUT2D eigenvalue weighted by molar-refractivity contribution is 1.23. The Morgan fingerprint density at radius 2 is 0.941 bits per heavy atom. The van der Waals surface area contributed by atoms with E-state index in [0.717, 1.165) is 44.7 Å². The Kier molecular flexibility index (Phi) is 7.04. The Bertz CT molecular complexity index is 2910. The van der Waals surface area contributed by atoms with Gasteiger partial charge in [-0.25, -0.2) is 9.97 Å². The largest absolute Gasteiger partial charge is 0.228 e. The number of fused-ring (bicyclic) bond motifs is 6. The Morgan fingerprint density at radius 1 is 0.353 bits per heavy atom. The van der Waals surface area contributed by atoms with Gasteiger partial charge in [-0.1, -0.05) is 152 Å². The molecule has 10 aromatic rings. The number of thiophene rings is 1. The first kappa shape index (κ1) is 29.5. The van der Waals surface area contributed by atoms with Crippen molar-refractivity contribution >= 4 is 53.2 Å². The van der Waals surface area contributed by atoms with E-state index in [4.69, 9.17) is 9.97 Å². The molecule has 0 unspecified atom stereocenters. The Balaban J connectivity index is 1.09. The van der Waals surface area contributed by atoms with Gasteiger partial charge in [0.25, 0.3) is 0 Å². The second kappa shape index (κ2) is 12.2. The second-order valence-corrected chi connectivity index (χ2v) is 14.0. The smallest absolute Gasteiger partial charge is 0.160 e. The molecule has 0 fully saturated rings. The molecular weight excluding hydrogens is 637 g/mol. The maximum Gasteiger partial charge on any atom is 0.160 e. The Hall–Kier alpha value is -6.42. The molecule has 10 rings (SSSR count). The van der Waals surface area contributed by atoms with Gasteiger partial charge in [0.05, 0.1) is 11.2 Å². The molecule has 0 saturated carbocycles. The van der Waals surface area contributed by atoms with Crippen molar-refractivity contribution in [2.45, 2.75) is 0 Å². The van der Waals surface area contributed by atoms with Gasteiger partial charge < -0.3 is 0 Å². The van der Waals surface area contributed by atoms with Gasteiger partial charge in [0.1, 0.15) is 0 Å². The molecule has 0 amide bonds. The highest BCUT2D eigenvalue weighted by Crippen LogP contribution is 2.42. The summed E-state index contributed by atoms with van der Waals surface area (Å²) in [5.74, 6) is 0.723. The molecule has 2 nitrogen and oxygen atoms in total. The van der Waals surface area contributed by atoms with E-state index in [1.807, 2.05) is 11.3 Å². The van der Waals surface area contributed by atoms with Crippen LogP contribution in [0.5, 0.6) is 0 Å². The molecule has 0 atom stereocenters. The minimum atomic E-state index is 0.723. The van der Waals surface area contributed by atoms with E-state index in [1.54, 1.807) is 0 Å². The van der Waals surface area contributed by atoms with Crippen LogP contribution in [0.2, 0.25) is 0 Å². The van der Waals surface area contributed by atoms with Crippen LogP contribution in [0.15, 0.2) is 182 Å². The van der Waals surface area contributed by atoms with Gasteiger partial charge >= 0.3 is 0 Å². The van der Waals surface area contributed by atoms with Crippen LogP contribution in [0.3, 0.4) is 0 Å². The van der Waals surface area contributed by atoms with E-state index in [1.165, 1.54) is 53.2 Å². The molecule has 2 heterocycles. The summed E-state index contributed by atoms with van der Waals surface area (Å²) < 4.78 is 2.50. The van der Waals surface area contributed by atoms with Gasteiger partial charge in [-0.05, 0) is 74.5 Å². The molecule has 0 radical (unpaired) electrons. The third kappa shape index (κ3) is 5.27. The average Bonchev–Trinajstić information content (AvgIpc) is 3.60.